The lowest BCUT2D eigenvalue weighted by atomic mass is 10.2. The summed E-state index contributed by atoms with van der Waals surface area (Å²) < 4.78 is 0.948. The van der Waals surface area contributed by atoms with Gasteiger partial charge in [-0.1, -0.05) is 70.5 Å². The average molecular weight is 353 g/mol. The predicted molar refractivity (Wildman–Crippen MR) is 92.4 cm³/mol. The molecule has 3 rings (SSSR count). The van der Waals surface area contributed by atoms with E-state index in [0.29, 0.717) is 11.5 Å². The lowest BCUT2D eigenvalue weighted by Gasteiger charge is -2.00. The Morgan fingerprint density at radius 3 is 2.64 bits per heavy atom. The number of rotatable bonds is 3. The minimum Gasteiger partial charge on any atom is -0.305 e. The van der Waals surface area contributed by atoms with E-state index in [1.807, 2.05) is 66.7 Å². The van der Waals surface area contributed by atoms with Gasteiger partial charge in [-0.25, -0.2) is 4.99 Å². The predicted octanol–water partition coefficient (Wildman–Crippen LogP) is 3.92. The van der Waals surface area contributed by atoms with Gasteiger partial charge in [0.05, 0.1) is 0 Å². The largest absolute Gasteiger partial charge is 0.305 e. The summed E-state index contributed by atoms with van der Waals surface area (Å²) in [4.78, 5) is 16.3. The first-order valence-electron chi connectivity index (χ1n) is 6.82. The molecule has 4 heteroatoms. The Bertz CT molecular complexity index is 792. The monoisotopic (exact) mass is 352 g/mol. The Balaban J connectivity index is 1.81. The molecule has 2 aromatic carbocycles. The zero-order chi connectivity index (χ0) is 15.4. The number of amides is 1. The van der Waals surface area contributed by atoms with Gasteiger partial charge in [-0.3, -0.25) is 4.79 Å². The molecule has 1 heterocycles. The molecule has 0 aliphatic carbocycles. The van der Waals surface area contributed by atoms with Crippen molar-refractivity contribution in [3.63, 3.8) is 0 Å². The Morgan fingerprint density at radius 2 is 1.86 bits per heavy atom. The molecule has 3 nitrogen and oxygen atoms in total. The first kappa shape index (κ1) is 14.5. The SMILES string of the molecule is O=C1NC(c2cccc(Br)c2)=NC1=CC=Cc1ccccc1. The van der Waals surface area contributed by atoms with Gasteiger partial charge in [-0.05, 0) is 23.8 Å². The fourth-order valence-corrected chi connectivity index (χ4v) is 2.47. The Hall–Kier alpha value is -2.46. The van der Waals surface area contributed by atoms with Crippen LogP contribution in [0.3, 0.4) is 0 Å². The topological polar surface area (TPSA) is 41.5 Å². The molecule has 108 valence electrons. The van der Waals surface area contributed by atoms with Crippen LogP contribution in [0.2, 0.25) is 0 Å². The second-order valence-electron chi connectivity index (χ2n) is 4.75. The molecule has 22 heavy (non-hydrogen) atoms. The number of hydrogen-bond acceptors (Lipinski definition) is 2. The average Bonchev–Trinajstić information content (AvgIpc) is 2.90. The van der Waals surface area contributed by atoms with E-state index in [4.69, 9.17) is 0 Å². The number of nitrogens with one attached hydrogen (secondary N) is 1. The summed E-state index contributed by atoms with van der Waals surface area (Å²) in [6.07, 6.45) is 5.48. The zero-order valence-corrected chi connectivity index (χ0v) is 13.2. The van der Waals surface area contributed by atoms with Crippen LogP contribution in [-0.2, 0) is 4.79 Å². The molecule has 0 saturated carbocycles. The van der Waals surface area contributed by atoms with Crippen molar-refractivity contribution in [3.05, 3.63) is 88.0 Å². The number of carbonyl (C=O) groups excluding carboxylic acids is 1. The van der Waals surface area contributed by atoms with Gasteiger partial charge in [0.15, 0.2) is 0 Å². The smallest absolute Gasteiger partial charge is 0.275 e. The molecule has 0 saturated heterocycles. The highest BCUT2D eigenvalue weighted by Crippen LogP contribution is 2.16. The number of hydrogen-bond donors (Lipinski definition) is 1. The van der Waals surface area contributed by atoms with E-state index in [1.54, 1.807) is 6.08 Å². The van der Waals surface area contributed by atoms with Gasteiger partial charge in [-0.2, -0.15) is 0 Å². The Kier molecular flexibility index (Phi) is 4.30. The van der Waals surface area contributed by atoms with Crippen molar-refractivity contribution >= 4 is 33.7 Å². The van der Waals surface area contributed by atoms with E-state index in [2.05, 4.69) is 26.2 Å². The summed E-state index contributed by atoms with van der Waals surface area (Å²) in [5.41, 5.74) is 2.36. The number of aliphatic imine (C=N–C) groups is 1. The van der Waals surface area contributed by atoms with Crippen LogP contribution in [0.4, 0.5) is 0 Å². The molecule has 1 amide bonds. The highest BCUT2D eigenvalue weighted by molar-refractivity contribution is 9.10. The van der Waals surface area contributed by atoms with E-state index in [9.17, 15) is 4.79 Å². The highest BCUT2D eigenvalue weighted by atomic mass is 79.9. The third-order valence-corrected chi connectivity index (χ3v) is 3.63. The highest BCUT2D eigenvalue weighted by Gasteiger charge is 2.20. The first-order valence-corrected chi connectivity index (χ1v) is 7.61. The molecule has 2 aromatic rings. The van der Waals surface area contributed by atoms with Gasteiger partial charge in [0.25, 0.3) is 5.91 Å². The van der Waals surface area contributed by atoms with Crippen LogP contribution in [0.15, 0.2) is 81.9 Å². The van der Waals surface area contributed by atoms with Gasteiger partial charge in [-0.15, -0.1) is 0 Å². The van der Waals surface area contributed by atoms with Gasteiger partial charge in [0.1, 0.15) is 11.5 Å². The normalized spacial score (nSPS) is 16.1. The number of amidine groups is 1. The van der Waals surface area contributed by atoms with Crippen LogP contribution in [0.1, 0.15) is 11.1 Å². The fraction of sp³-hybridized carbons (Fsp3) is 0. The van der Waals surface area contributed by atoms with Gasteiger partial charge < -0.3 is 5.32 Å². The van der Waals surface area contributed by atoms with Crippen molar-refractivity contribution in [2.45, 2.75) is 0 Å². The van der Waals surface area contributed by atoms with E-state index in [0.717, 1.165) is 15.6 Å². The van der Waals surface area contributed by atoms with E-state index in [-0.39, 0.29) is 5.91 Å². The second-order valence-corrected chi connectivity index (χ2v) is 5.66. The number of carbonyl (C=O) groups is 1. The summed E-state index contributed by atoms with van der Waals surface area (Å²) in [7, 11) is 0. The Labute approximate surface area is 137 Å². The van der Waals surface area contributed by atoms with E-state index >= 15 is 0 Å². The molecule has 0 fully saturated rings. The fourth-order valence-electron chi connectivity index (χ4n) is 2.07. The lowest BCUT2D eigenvalue weighted by molar-refractivity contribution is -0.115. The summed E-state index contributed by atoms with van der Waals surface area (Å²) in [5, 5.41) is 2.78. The number of allylic oxidation sites excluding steroid dienone is 2. The second kappa shape index (κ2) is 6.54. The molecule has 0 atom stereocenters. The summed E-state index contributed by atoms with van der Waals surface area (Å²) in [5.74, 6) is 0.387. The number of nitrogens with zero attached hydrogens (tertiary/aromatic N) is 1. The van der Waals surface area contributed by atoms with E-state index < -0.39 is 0 Å². The maximum absolute atomic E-state index is 11.9. The quantitative estimate of drug-likeness (QED) is 0.835. The van der Waals surface area contributed by atoms with Crippen LogP contribution in [0.5, 0.6) is 0 Å². The Morgan fingerprint density at radius 1 is 1.05 bits per heavy atom. The molecule has 1 N–H and O–H groups in total. The lowest BCUT2D eigenvalue weighted by Crippen LogP contribution is -2.24. The van der Waals surface area contributed by atoms with Crippen molar-refractivity contribution < 1.29 is 4.79 Å². The number of benzene rings is 2. The molecule has 0 aromatic heterocycles. The standard InChI is InChI=1S/C18H13BrN2O/c19-15-10-5-9-14(12-15)17-20-16(18(22)21-17)11-4-8-13-6-2-1-3-7-13/h1-12H,(H,20,21,22). The van der Waals surface area contributed by atoms with Crippen LogP contribution in [0, 0.1) is 0 Å². The zero-order valence-electron chi connectivity index (χ0n) is 11.7. The third-order valence-electron chi connectivity index (χ3n) is 3.14. The minimum atomic E-state index is -0.187. The van der Waals surface area contributed by atoms with Crippen LogP contribution in [0.25, 0.3) is 6.08 Å². The van der Waals surface area contributed by atoms with Crippen LogP contribution < -0.4 is 5.32 Å². The van der Waals surface area contributed by atoms with Crippen LogP contribution in [-0.4, -0.2) is 11.7 Å². The van der Waals surface area contributed by atoms with Gasteiger partial charge >= 0.3 is 0 Å². The van der Waals surface area contributed by atoms with Crippen molar-refractivity contribution in [3.8, 4) is 0 Å². The summed E-state index contributed by atoms with van der Waals surface area (Å²) >= 11 is 3.41. The van der Waals surface area contributed by atoms with Crippen molar-refractivity contribution in [1.29, 1.82) is 0 Å². The third kappa shape index (κ3) is 3.40. The van der Waals surface area contributed by atoms with Crippen molar-refractivity contribution in [2.24, 2.45) is 4.99 Å². The molecular formula is C18H13BrN2O. The van der Waals surface area contributed by atoms with Crippen molar-refractivity contribution in [1.82, 2.24) is 5.32 Å². The molecule has 1 aliphatic rings. The molecular weight excluding hydrogens is 340 g/mol. The van der Waals surface area contributed by atoms with Gasteiger partial charge in [0, 0.05) is 10.0 Å². The van der Waals surface area contributed by atoms with Crippen molar-refractivity contribution in [2.75, 3.05) is 0 Å². The molecule has 0 unspecified atom stereocenters. The minimum absolute atomic E-state index is 0.187. The van der Waals surface area contributed by atoms with Gasteiger partial charge in [0.2, 0.25) is 0 Å². The van der Waals surface area contributed by atoms with E-state index in [1.165, 1.54) is 0 Å². The molecule has 0 bridgehead atoms. The number of halogens is 1. The first-order chi connectivity index (χ1) is 10.7. The van der Waals surface area contributed by atoms with Crippen LogP contribution >= 0.6 is 15.9 Å². The molecule has 1 aliphatic heterocycles. The molecule has 0 spiro atoms. The summed E-state index contributed by atoms with van der Waals surface area (Å²) in [6, 6.07) is 17.6. The maximum atomic E-state index is 11.9. The maximum Gasteiger partial charge on any atom is 0.275 e. The summed E-state index contributed by atoms with van der Waals surface area (Å²) in [6.45, 7) is 0. The molecule has 0 radical (unpaired) electrons.